The maximum atomic E-state index is 5.28. The van der Waals surface area contributed by atoms with Gasteiger partial charge in [0.2, 0.25) is 0 Å². The van der Waals surface area contributed by atoms with Crippen LogP contribution in [0.3, 0.4) is 0 Å². The fourth-order valence-electron chi connectivity index (χ4n) is 1.79. The van der Waals surface area contributed by atoms with Crippen molar-refractivity contribution in [2.24, 2.45) is 0 Å². The average Bonchev–Trinajstić information content (AvgIpc) is 2.67. The molecule has 0 radical (unpaired) electrons. The topological polar surface area (TPSA) is 19.0 Å². The largest absolute Gasteiger partial charge is 0.361 e. The number of fused-ring (bicyclic) bond motifs is 1. The molecule has 0 amide bonds. The molecule has 15 heavy (non-hydrogen) atoms. The molecule has 0 aliphatic heterocycles. The zero-order valence-electron chi connectivity index (χ0n) is 8.83. The Hall–Kier alpha value is -1.72. The number of hydrogen-bond acceptors (Lipinski definition) is 1. The predicted octanol–water partition coefficient (Wildman–Crippen LogP) is 2.23. The number of H-pyrrole nitrogens is 1. The van der Waals surface area contributed by atoms with Crippen molar-refractivity contribution in [3.05, 3.63) is 36.0 Å². The molecule has 1 aromatic heterocycles. The summed E-state index contributed by atoms with van der Waals surface area (Å²) in [6, 6.07) is 8.40. The first-order valence-electron chi connectivity index (χ1n) is 4.98. The molecule has 0 bridgehead atoms. The van der Waals surface area contributed by atoms with Crippen molar-refractivity contribution in [3.63, 3.8) is 0 Å². The van der Waals surface area contributed by atoms with E-state index >= 15 is 0 Å². The van der Waals surface area contributed by atoms with Gasteiger partial charge in [0.25, 0.3) is 0 Å². The highest BCUT2D eigenvalue weighted by Crippen LogP contribution is 2.18. The van der Waals surface area contributed by atoms with Gasteiger partial charge in [-0.1, -0.05) is 18.1 Å². The van der Waals surface area contributed by atoms with Crippen molar-refractivity contribution in [1.29, 1.82) is 0 Å². The highest BCUT2D eigenvalue weighted by molar-refractivity contribution is 5.82. The van der Waals surface area contributed by atoms with Gasteiger partial charge in [-0.05, 0) is 24.7 Å². The van der Waals surface area contributed by atoms with Gasteiger partial charge in [-0.3, -0.25) is 4.90 Å². The summed E-state index contributed by atoms with van der Waals surface area (Å²) in [5.41, 5.74) is 2.49. The number of hydrogen-bond donors (Lipinski definition) is 1. The molecule has 1 N–H and O–H groups in total. The van der Waals surface area contributed by atoms with Crippen LogP contribution >= 0.6 is 0 Å². The Labute approximate surface area is 89.9 Å². The van der Waals surface area contributed by atoms with Crippen molar-refractivity contribution in [3.8, 4) is 12.3 Å². The molecule has 1 heterocycles. The Kier molecular flexibility index (Phi) is 2.75. The number of rotatable bonds is 3. The van der Waals surface area contributed by atoms with Crippen molar-refractivity contribution < 1.29 is 0 Å². The normalized spacial score (nSPS) is 10.7. The molecular formula is C13H14N2. The van der Waals surface area contributed by atoms with Crippen LogP contribution in [0.25, 0.3) is 10.9 Å². The van der Waals surface area contributed by atoms with Crippen LogP contribution in [0.2, 0.25) is 0 Å². The highest BCUT2D eigenvalue weighted by atomic mass is 15.1. The van der Waals surface area contributed by atoms with Gasteiger partial charge in [0.05, 0.1) is 6.54 Å². The van der Waals surface area contributed by atoms with E-state index in [1.807, 2.05) is 13.2 Å². The SMILES string of the molecule is C#CCN(C)Cc1cccc2[nH]ccc12. The third-order valence-electron chi connectivity index (χ3n) is 2.49. The minimum Gasteiger partial charge on any atom is -0.361 e. The zero-order valence-corrected chi connectivity index (χ0v) is 8.83. The fourth-order valence-corrected chi connectivity index (χ4v) is 1.79. The molecule has 0 aliphatic rings. The first-order valence-corrected chi connectivity index (χ1v) is 4.98. The molecule has 76 valence electrons. The van der Waals surface area contributed by atoms with E-state index < -0.39 is 0 Å². The zero-order chi connectivity index (χ0) is 10.7. The van der Waals surface area contributed by atoms with Crippen molar-refractivity contribution in [2.45, 2.75) is 6.54 Å². The first kappa shape index (κ1) is 9.82. The highest BCUT2D eigenvalue weighted by Gasteiger charge is 2.03. The van der Waals surface area contributed by atoms with E-state index in [0.717, 1.165) is 6.54 Å². The summed E-state index contributed by atoms with van der Waals surface area (Å²) in [4.78, 5) is 5.33. The Morgan fingerprint density at radius 2 is 2.27 bits per heavy atom. The summed E-state index contributed by atoms with van der Waals surface area (Å²) in [7, 11) is 2.03. The number of terminal acetylenes is 1. The van der Waals surface area contributed by atoms with Gasteiger partial charge in [0.1, 0.15) is 0 Å². The summed E-state index contributed by atoms with van der Waals surface area (Å²) in [5, 5.41) is 1.28. The predicted molar refractivity (Wildman–Crippen MR) is 63.5 cm³/mol. The molecule has 2 rings (SSSR count). The summed E-state index contributed by atoms with van der Waals surface area (Å²) in [6.07, 6.45) is 7.25. The maximum Gasteiger partial charge on any atom is 0.0599 e. The molecule has 0 atom stereocenters. The number of aromatic amines is 1. The van der Waals surface area contributed by atoms with Crippen LogP contribution in [0.1, 0.15) is 5.56 Å². The van der Waals surface area contributed by atoms with Crippen LogP contribution in [-0.4, -0.2) is 23.5 Å². The second kappa shape index (κ2) is 4.20. The van der Waals surface area contributed by atoms with Crippen LogP contribution < -0.4 is 0 Å². The van der Waals surface area contributed by atoms with Crippen LogP contribution in [0.15, 0.2) is 30.5 Å². The van der Waals surface area contributed by atoms with Crippen LogP contribution in [-0.2, 0) is 6.54 Å². The first-order chi connectivity index (χ1) is 7.31. The molecule has 2 aromatic rings. The maximum absolute atomic E-state index is 5.28. The molecule has 2 heteroatoms. The van der Waals surface area contributed by atoms with E-state index in [1.165, 1.54) is 16.5 Å². The standard InChI is InChI=1S/C13H14N2/c1-3-9-15(2)10-11-5-4-6-13-12(11)7-8-14-13/h1,4-8,14H,9-10H2,2H3. The summed E-state index contributed by atoms with van der Waals surface area (Å²) in [5.74, 6) is 2.65. The lowest BCUT2D eigenvalue weighted by Crippen LogP contribution is -2.17. The minimum absolute atomic E-state index is 0.681. The minimum atomic E-state index is 0.681. The third-order valence-corrected chi connectivity index (χ3v) is 2.49. The quantitative estimate of drug-likeness (QED) is 0.749. The summed E-state index contributed by atoms with van der Waals surface area (Å²) < 4.78 is 0. The molecule has 2 nitrogen and oxygen atoms in total. The second-order valence-corrected chi connectivity index (χ2v) is 3.73. The summed E-state index contributed by atoms with van der Waals surface area (Å²) >= 11 is 0. The lowest BCUT2D eigenvalue weighted by atomic mass is 10.1. The molecule has 0 saturated heterocycles. The van der Waals surface area contributed by atoms with Gasteiger partial charge in [-0.15, -0.1) is 6.42 Å². The fraction of sp³-hybridized carbons (Fsp3) is 0.231. The van der Waals surface area contributed by atoms with Gasteiger partial charge in [-0.2, -0.15) is 0 Å². The van der Waals surface area contributed by atoms with E-state index in [2.05, 4.69) is 40.1 Å². The van der Waals surface area contributed by atoms with Crippen LogP contribution in [0.5, 0.6) is 0 Å². The van der Waals surface area contributed by atoms with Crippen LogP contribution in [0.4, 0.5) is 0 Å². The molecule has 0 spiro atoms. The van der Waals surface area contributed by atoms with Crippen molar-refractivity contribution in [2.75, 3.05) is 13.6 Å². The van der Waals surface area contributed by atoms with Gasteiger partial charge in [0, 0.05) is 23.6 Å². The monoisotopic (exact) mass is 198 g/mol. The molecule has 0 saturated carbocycles. The number of nitrogens with zero attached hydrogens (tertiary/aromatic N) is 1. The van der Waals surface area contributed by atoms with Crippen molar-refractivity contribution >= 4 is 10.9 Å². The Bertz CT molecular complexity index is 490. The molecular weight excluding hydrogens is 184 g/mol. The molecule has 0 unspecified atom stereocenters. The summed E-state index contributed by atoms with van der Waals surface area (Å²) in [6.45, 7) is 1.57. The van der Waals surface area contributed by atoms with Gasteiger partial charge >= 0.3 is 0 Å². The van der Waals surface area contributed by atoms with E-state index in [4.69, 9.17) is 6.42 Å². The number of aromatic nitrogens is 1. The Balaban J connectivity index is 2.28. The Morgan fingerprint density at radius 3 is 3.07 bits per heavy atom. The van der Waals surface area contributed by atoms with E-state index in [-0.39, 0.29) is 0 Å². The molecule has 0 fully saturated rings. The Morgan fingerprint density at radius 1 is 1.40 bits per heavy atom. The van der Waals surface area contributed by atoms with Gasteiger partial charge in [-0.25, -0.2) is 0 Å². The number of benzene rings is 1. The third kappa shape index (κ3) is 2.03. The molecule has 0 aliphatic carbocycles. The average molecular weight is 198 g/mol. The van der Waals surface area contributed by atoms with Gasteiger partial charge in [0.15, 0.2) is 0 Å². The smallest absolute Gasteiger partial charge is 0.0599 e. The van der Waals surface area contributed by atoms with Gasteiger partial charge < -0.3 is 4.98 Å². The molecule has 1 aromatic carbocycles. The van der Waals surface area contributed by atoms with E-state index in [9.17, 15) is 0 Å². The lowest BCUT2D eigenvalue weighted by Gasteiger charge is -2.13. The van der Waals surface area contributed by atoms with E-state index in [1.54, 1.807) is 0 Å². The van der Waals surface area contributed by atoms with E-state index in [0.29, 0.717) is 6.54 Å². The van der Waals surface area contributed by atoms with Crippen LogP contribution in [0, 0.1) is 12.3 Å². The lowest BCUT2D eigenvalue weighted by molar-refractivity contribution is 0.370. The second-order valence-electron chi connectivity index (χ2n) is 3.73. The number of nitrogens with one attached hydrogen (secondary N) is 1. The van der Waals surface area contributed by atoms with Crippen molar-refractivity contribution in [1.82, 2.24) is 9.88 Å².